The number of nitrogens with zero attached hydrogens (tertiary/aromatic N) is 1. The van der Waals surface area contributed by atoms with Crippen molar-refractivity contribution in [1.29, 1.82) is 0 Å². The van der Waals surface area contributed by atoms with E-state index in [1.54, 1.807) is 24.1 Å². The van der Waals surface area contributed by atoms with Crippen LogP contribution >= 0.6 is 11.8 Å². The molecule has 7 heteroatoms. The average Bonchev–Trinajstić information content (AvgIpc) is 2.70. The van der Waals surface area contributed by atoms with Crippen LogP contribution in [0.4, 0.5) is 0 Å². The van der Waals surface area contributed by atoms with E-state index in [1.807, 2.05) is 37.3 Å². The van der Waals surface area contributed by atoms with Crippen LogP contribution in [0.3, 0.4) is 0 Å². The molecule has 3 aromatic carbocycles. The third kappa shape index (κ3) is 4.73. The van der Waals surface area contributed by atoms with E-state index in [-0.39, 0.29) is 16.8 Å². The molecule has 1 amide bonds. The predicted molar refractivity (Wildman–Crippen MR) is 114 cm³/mol. The van der Waals surface area contributed by atoms with E-state index in [0.717, 1.165) is 15.8 Å². The normalized spacial score (nSPS) is 12.7. The SMILES string of the molecule is CC(c1cccc(S(N)(=O)=O)c1)N(C)C(=O)CSc1ccc2ccccc2c1. The van der Waals surface area contributed by atoms with Gasteiger partial charge in [-0.1, -0.05) is 42.5 Å². The van der Waals surface area contributed by atoms with Gasteiger partial charge in [0.05, 0.1) is 16.7 Å². The number of amides is 1. The van der Waals surface area contributed by atoms with Crippen molar-refractivity contribution < 1.29 is 13.2 Å². The number of fused-ring (bicyclic) bond motifs is 1. The second-order valence-corrected chi connectivity index (χ2v) is 9.21. The topological polar surface area (TPSA) is 80.5 Å². The molecule has 0 spiro atoms. The van der Waals surface area contributed by atoms with E-state index < -0.39 is 10.0 Å². The van der Waals surface area contributed by atoms with Crippen LogP contribution in [0.15, 0.2) is 76.5 Å². The number of thioether (sulfide) groups is 1. The van der Waals surface area contributed by atoms with Gasteiger partial charge in [-0.05, 0) is 47.5 Å². The fourth-order valence-corrected chi connectivity index (χ4v) is 4.33. The van der Waals surface area contributed by atoms with Crippen molar-refractivity contribution in [2.45, 2.75) is 22.8 Å². The molecule has 0 fully saturated rings. The fourth-order valence-electron chi connectivity index (χ4n) is 2.90. The second-order valence-electron chi connectivity index (χ2n) is 6.60. The molecule has 0 heterocycles. The highest BCUT2D eigenvalue weighted by Gasteiger charge is 2.19. The van der Waals surface area contributed by atoms with Crippen molar-refractivity contribution in [2.75, 3.05) is 12.8 Å². The van der Waals surface area contributed by atoms with Gasteiger partial charge < -0.3 is 4.90 Å². The number of carbonyl (C=O) groups is 1. The van der Waals surface area contributed by atoms with Gasteiger partial charge in [0, 0.05) is 11.9 Å². The molecule has 0 aliphatic rings. The predicted octanol–water partition coefficient (Wildman–Crippen LogP) is 3.80. The number of carbonyl (C=O) groups excluding carboxylic acids is 1. The van der Waals surface area contributed by atoms with E-state index in [9.17, 15) is 13.2 Å². The molecule has 5 nitrogen and oxygen atoms in total. The highest BCUT2D eigenvalue weighted by molar-refractivity contribution is 8.00. The highest BCUT2D eigenvalue weighted by Crippen LogP contribution is 2.26. The zero-order chi connectivity index (χ0) is 20.3. The largest absolute Gasteiger partial charge is 0.338 e. The monoisotopic (exact) mass is 414 g/mol. The Kier molecular flexibility index (Phi) is 6.07. The van der Waals surface area contributed by atoms with Crippen molar-refractivity contribution >= 4 is 38.5 Å². The maximum Gasteiger partial charge on any atom is 0.238 e. The maximum absolute atomic E-state index is 12.6. The summed E-state index contributed by atoms with van der Waals surface area (Å²) >= 11 is 1.48. The Labute approximate surface area is 169 Å². The Hall–Kier alpha value is -2.35. The van der Waals surface area contributed by atoms with Gasteiger partial charge in [-0.15, -0.1) is 11.8 Å². The number of rotatable bonds is 6. The van der Waals surface area contributed by atoms with Crippen LogP contribution in [0, 0.1) is 0 Å². The van der Waals surface area contributed by atoms with Crippen LogP contribution in [-0.4, -0.2) is 32.0 Å². The molecule has 0 saturated carbocycles. The zero-order valence-corrected chi connectivity index (χ0v) is 17.3. The lowest BCUT2D eigenvalue weighted by molar-refractivity contribution is -0.128. The number of primary sulfonamides is 1. The lowest BCUT2D eigenvalue weighted by Crippen LogP contribution is -2.31. The summed E-state index contributed by atoms with van der Waals surface area (Å²) in [6.45, 7) is 1.86. The van der Waals surface area contributed by atoms with Gasteiger partial charge in [-0.3, -0.25) is 4.79 Å². The number of sulfonamides is 1. The zero-order valence-electron chi connectivity index (χ0n) is 15.7. The Morgan fingerprint density at radius 3 is 2.46 bits per heavy atom. The van der Waals surface area contributed by atoms with Crippen molar-refractivity contribution in [2.24, 2.45) is 5.14 Å². The molecule has 1 unspecified atom stereocenters. The lowest BCUT2D eigenvalue weighted by Gasteiger charge is -2.25. The fraction of sp³-hybridized carbons (Fsp3) is 0.190. The summed E-state index contributed by atoms with van der Waals surface area (Å²) < 4.78 is 23.1. The van der Waals surface area contributed by atoms with Crippen molar-refractivity contribution in [3.63, 3.8) is 0 Å². The van der Waals surface area contributed by atoms with Gasteiger partial charge >= 0.3 is 0 Å². The molecule has 2 N–H and O–H groups in total. The van der Waals surface area contributed by atoms with Gasteiger partial charge in [-0.2, -0.15) is 0 Å². The number of hydrogen-bond donors (Lipinski definition) is 1. The number of nitrogens with two attached hydrogens (primary N) is 1. The third-order valence-electron chi connectivity index (χ3n) is 4.73. The summed E-state index contributed by atoms with van der Waals surface area (Å²) in [4.78, 5) is 15.3. The highest BCUT2D eigenvalue weighted by atomic mass is 32.2. The molecule has 28 heavy (non-hydrogen) atoms. The Morgan fingerprint density at radius 2 is 1.75 bits per heavy atom. The maximum atomic E-state index is 12.6. The van der Waals surface area contributed by atoms with Gasteiger partial charge in [0.25, 0.3) is 0 Å². The van der Waals surface area contributed by atoms with Crippen LogP contribution in [-0.2, 0) is 14.8 Å². The van der Waals surface area contributed by atoms with Gasteiger partial charge in [0.1, 0.15) is 0 Å². The molecule has 0 saturated heterocycles. The van der Waals surface area contributed by atoms with Crippen LogP contribution in [0.5, 0.6) is 0 Å². The molecular formula is C21H22N2O3S2. The molecular weight excluding hydrogens is 392 g/mol. The number of hydrogen-bond acceptors (Lipinski definition) is 4. The van der Waals surface area contributed by atoms with Gasteiger partial charge in [0.2, 0.25) is 15.9 Å². The van der Waals surface area contributed by atoms with Gasteiger partial charge in [-0.25, -0.2) is 13.6 Å². The van der Waals surface area contributed by atoms with E-state index in [4.69, 9.17) is 5.14 Å². The molecule has 146 valence electrons. The summed E-state index contributed by atoms with van der Waals surface area (Å²) in [5.41, 5.74) is 0.720. The van der Waals surface area contributed by atoms with E-state index in [2.05, 4.69) is 12.1 Å². The van der Waals surface area contributed by atoms with E-state index in [1.165, 1.54) is 29.3 Å². The quantitative estimate of drug-likeness (QED) is 0.622. The summed E-state index contributed by atoms with van der Waals surface area (Å²) in [7, 11) is -2.06. The first-order valence-electron chi connectivity index (χ1n) is 8.76. The van der Waals surface area contributed by atoms with Crippen LogP contribution in [0.2, 0.25) is 0 Å². The Balaban J connectivity index is 1.68. The molecule has 0 aromatic heterocycles. The molecule has 3 rings (SSSR count). The lowest BCUT2D eigenvalue weighted by atomic mass is 10.1. The Morgan fingerprint density at radius 1 is 1.04 bits per heavy atom. The summed E-state index contributed by atoms with van der Waals surface area (Å²) in [6, 6.07) is 20.3. The molecule has 0 bridgehead atoms. The third-order valence-corrected chi connectivity index (χ3v) is 6.62. The van der Waals surface area contributed by atoms with Crippen molar-refractivity contribution in [3.05, 3.63) is 72.3 Å². The molecule has 3 aromatic rings. The smallest absolute Gasteiger partial charge is 0.238 e. The van der Waals surface area contributed by atoms with Crippen molar-refractivity contribution in [1.82, 2.24) is 4.90 Å². The Bertz CT molecular complexity index is 1110. The number of benzene rings is 3. The first-order valence-corrected chi connectivity index (χ1v) is 11.3. The summed E-state index contributed by atoms with van der Waals surface area (Å²) in [5.74, 6) is 0.264. The first-order chi connectivity index (χ1) is 13.3. The average molecular weight is 415 g/mol. The molecule has 0 aliphatic heterocycles. The van der Waals surface area contributed by atoms with Gasteiger partial charge in [0.15, 0.2) is 0 Å². The van der Waals surface area contributed by atoms with Crippen LogP contribution in [0.25, 0.3) is 10.8 Å². The minimum absolute atomic E-state index is 0.0355. The standard InChI is InChI=1S/C21H22N2O3S2/c1-15(17-8-5-9-20(13-17)28(22,25)26)23(2)21(24)14-27-19-11-10-16-6-3-4-7-18(16)12-19/h3-13,15H,14H2,1-2H3,(H2,22,25,26). The van der Waals surface area contributed by atoms with E-state index >= 15 is 0 Å². The molecule has 0 radical (unpaired) electrons. The summed E-state index contributed by atoms with van der Waals surface area (Å²) in [5, 5.41) is 7.51. The van der Waals surface area contributed by atoms with E-state index in [0.29, 0.717) is 5.75 Å². The minimum atomic E-state index is -3.78. The molecule has 1 atom stereocenters. The minimum Gasteiger partial charge on any atom is -0.338 e. The van der Waals surface area contributed by atoms with Crippen LogP contribution < -0.4 is 5.14 Å². The van der Waals surface area contributed by atoms with Crippen molar-refractivity contribution in [3.8, 4) is 0 Å². The second kappa shape index (κ2) is 8.34. The first kappa shape index (κ1) is 20.4. The summed E-state index contributed by atoms with van der Waals surface area (Å²) in [6.07, 6.45) is 0. The molecule has 0 aliphatic carbocycles. The van der Waals surface area contributed by atoms with Crippen LogP contribution in [0.1, 0.15) is 18.5 Å².